The van der Waals surface area contributed by atoms with Crippen LogP contribution in [0, 0.1) is 5.82 Å². The van der Waals surface area contributed by atoms with Gasteiger partial charge in [-0.05, 0) is 49.7 Å². The fourth-order valence-electron chi connectivity index (χ4n) is 2.72. The molecule has 2 rings (SSSR count). The van der Waals surface area contributed by atoms with Crippen molar-refractivity contribution in [2.75, 3.05) is 22.5 Å². The predicted molar refractivity (Wildman–Crippen MR) is 104 cm³/mol. The normalized spacial score (nSPS) is 12.3. The molecule has 0 radical (unpaired) electrons. The van der Waals surface area contributed by atoms with Crippen LogP contribution in [0.4, 0.5) is 15.8 Å². The Labute approximate surface area is 159 Å². The van der Waals surface area contributed by atoms with Gasteiger partial charge in [0.25, 0.3) is 0 Å². The number of carbonyl (C=O) groups is 1. The summed E-state index contributed by atoms with van der Waals surface area (Å²) in [5.41, 5.74) is 0.675. The van der Waals surface area contributed by atoms with Crippen LogP contribution in [-0.4, -0.2) is 33.2 Å². The smallest absolute Gasteiger partial charge is 0.248 e. The van der Waals surface area contributed by atoms with Gasteiger partial charge >= 0.3 is 0 Å². The Balaban J connectivity index is 2.37. The minimum absolute atomic E-state index is 0.221. The van der Waals surface area contributed by atoms with E-state index in [4.69, 9.17) is 4.74 Å². The van der Waals surface area contributed by atoms with Gasteiger partial charge in [0.05, 0.1) is 24.2 Å². The van der Waals surface area contributed by atoms with Gasteiger partial charge in [0.2, 0.25) is 15.9 Å². The third-order valence-electron chi connectivity index (χ3n) is 3.86. The van der Waals surface area contributed by atoms with Crippen molar-refractivity contribution in [2.45, 2.75) is 26.3 Å². The van der Waals surface area contributed by atoms with E-state index in [9.17, 15) is 17.6 Å². The zero-order valence-corrected chi connectivity index (χ0v) is 16.3. The highest BCUT2D eigenvalue weighted by atomic mass is 32.2. The average molecular weight is 394 g/mol. The van der Waals surface area contributed by atoms with Crippen molar-refractivity contribution >= 4 is 27.3 Å². The van der Waals surface area contributed by atoms with Gasteiger partial charge in [-0.1, -0.05) is 19.1 Å². The van der Waals surface area contributed by atoms with Gasteiger partial charge < -0.3 is 10.1 Å². The molecule has 0 saturated carbocycles. The number of nitrogens with zero attached hydrogens (tertiary/aromatic N) is 1. The van der Waals surface area contributed by atoms with E-state index in [0.29, 0.717) is 18.0 Å². The number of halogens is 1. The van der Waals surface area contributed by atoms with Crippen LogP contribution in [0.1, 0.15) is 20.3 Å². The SMILES string of the molecule is CCOc1ccccc1NC(=O)C(CC)N(c1ccc(F)cc1)S(C)(=O)=O. The summed E-state index contributed by atoms with van der Waals surface area (Å²) in [6.45, 7) is 3.96. The molecule has 0 heterocycles. The van der Waals surface area contributed by atoms with Gasteiger partial charge in [0, 0.05) is 0 Å². The van der Waals surface area contributed by atoms with Crippen molar-refractivity contribution in [2.24, 2.45) is 0 Å². The van der Waals surface area contributed by atoms with E-state index in [0.717, 1.165) is 22.7 Å². The van der Waals surface area contributed by atoms with E-state index in [1.165, 1.54) is 12.1 Å². The van der Waals surface area contributed by atoms with E-state index in [2.05, 4.69) is 5.32 Å². The monoisotopic (exact) mass is 394 g/mol. The second-order valence-corrected chi connectivity index (χ2v) is 7.74. The lowest BCUT2D eigenvalue weighted by Gasteiger charge is -2.30. The number of anilines is 2. The van der Waals surface area contributed by atoms with Crippen LogP contribution >= 0.6 is 0 Å². The van der Waals surface area contributed by atoms with Gasteiger partial charge in [-0.2, -0.15) is 0 Å². The van der Waals surface area contributed by atoms with Crippen molar-refractivity contribution in [3.63, 3.8) is 0 Å². The number of ether oxygens (including phenoxy) is 1. The molecule has 0 aromatic heterocycles. The number of hydrogen-bond donors (Lipinski definition) is 1. The molecule has 2 aromatic carbocycles. The van der Waals surface area contributed by atoms with Gasteiger partial charge in [-0.25, -0.2) is 12.8 Å². The molecule has 8 heteroatoms. The zero-order chi connectivity index (χ0) is 20.0. The third-order valence-corrected chi connectivity index (χ3v) is 5.04. The molecule has 0 aliphatic heterocycles. The highest BCUT2D eigenvalue weighted by Crippen LogP contribution is 2.27. The lowest BCUT2D eigenvalue weighted by Crippen LogP contribution is -2.47. The molecule has 0 aliphatic rings. The largest absolute Gasteiger partial charge is 0.492 e. The topological polar surface area (TPSA) is 75.7 Å². The van der Waals surface area contributed by atoms with Crippen LogP contribution in [0.5, 0.6) is 5.75 Å². The molecule has 27 heavy (non-hydrogen) atoms. The second-order valence-electron chi connectivity index (χ2n) is 5.88. The van der Waals surface area contributed by atoms with Crippen LogP contribution in [0.25, 0.3) is 0 Å². The number of sulfonamides is 1. The molecular weight excluding hydrogens is 371 g/mol. The molecule has 2 aromatic rings. The summed E-state index contributed by atoms with van der Waals surface area (Å²) in [6, 6.07) is 10.9. The first-order chi connectivity index (χ1) is 12.8. The number of benzene rings is 2. The highest BCUT2D eigenvalue weighted by molar-refractivity contribution is 7.92. The number of carbonyl (C=O) groups excluding carboxylic acids is 1. The summed E-state index contributed by atoms with van der Waals surface area (Å²) < 4.78 is 44.5. The lowest BCUT2D eigenvalue weighted by molar-refractivity contribution is -0.117. The number of hydrogen-bond acceptors (Lipinski definition) is 4. The van der Waals surface area contributed by atoms with E-state index < -0.39 is 27.8 Å². The molecule has 146 valence electrons. The lowest BCUT2D eigenvalue weighted by atomic mass is 10.1. The molecule has 0 spiro atoms. The maximum Gasteiger partial charge on any atom is 0.248 e. The van der Waals surface area contributed by atoms with Crippen molar-refractivity contribution in [3.05, 3.63) is 54.3 Å². The summed E-state index contributed by atoms with van der Waals surface area (Å²) in [7, 11) is -3.78. The first-order valence-corrected chi connectivity index (χ1v) is 10.4. The summed E-state index contributed by atoms with van der Waals surface area (Å²) in [4.78, 5) is 12.9. The highest BCUT2D eigenvalue weighted by Gasteiger charge is 2.31. The third kappa shape index (κ3) is 5.19. The van der Waals surface area contributed by atoms with Crippen LogP contribution in [0.3, 0.4) is 0 Å². The molecule has 6 nitrogen and oxygen atoms in total. The van der Waals surface area contributed by atoms with Crippen molar-refractivity contribution in [1.82, 2.24) is 0 Å². The second kappa shape index (κ2) is 8.85. The maximum absolute atomic E-state index is 13.2. The molecular formula is C19H23FN2O4S. The van der Waals surface area contributed by atoms with Crippen LogP contribution < -0.4 is 14.4 Å². The van der Waals surface area contributed by atoms with Crippen LogP contribution in [0.15, 0.2) is 48.5 Å². The first-order valence-electron chi connectivity index (χ1n) is 8.55. The van der Waals surface area contributed by atoms with Gasteiger partial charge in [0.1, 0.15) is 17.6 Å². The molecule has 1 atom stereocenters. The fourth-order valence-corrected chi connectivity index (χ4v) is 3.93. The molecule has 0 aliphatic carbocycles. The van der Waals surface area contributed by atoms with E-state index in [-0.39, 0.29) is 12.1 Å². The molecule has 1 unspecified atom stereocenters. The first kappa shape index (κ1) is 20.7. The summed E-state index contributed by atoms with van der Waals surface area (Å²) in [5, 5.41) is 2.74. The molecule has 0 saturated heterocycles. The summed E-state index contributed by atoms with van der Waals surface area (Å²) in [6.07, 6.45) is 1.24. The maximum atomic E-state index is 13.2. The van der Waals surface area contributed by atoms with Gasteiger partial charge in [-0.3, -0.25) is 9.10 Å². The summed E-state index contributed by atoms with van der Waals surface area (Å²) in [5.74, 6) is -0.495. The molecule has 0 bridgehead atoms. The zero-order valence-electron chi connectivity index (χ0n) is 15.5. The van der Waals surface area contributed by atoms with Crippen molar-refractivity contribution < 1.29 is 22.3 Å². The minimum Gasteiger partial charge on any atom is -0.492 e. The molecule has 0 fully saturated rings. The van der Waals surface area contributed by atoms with Crippen molar-refractivity contribution in [3.8, 4) is 5.75 Å². The summed E-state index contributed by atoms with van der Waals surface area (Å²) >= 11 is 0. The van der Waals surface area contributed by atoms with Crippen LogP contribution in [0.2, 0.25) is 0 Å². The number of amides is 1. The Kier molecular flexibility index (Phi) is 6.79. The van der Waals surface area contributed by atoms with E-state index in [1.54, 1.807) is 31.2 Å². The Morgan fingerprint density at radius 1 is 1.15 bits per heavy atom. The van der Waals surface area contributed by atoms with Gasteiger partial charge in [-0.15, -0.1) is 0 Å². The number of para-hydroxylation sites is 2. The number of rotatable bonds is 8. The number of nitrogens with one attached hydrogen (secondary N) is 1. The minimum atomic E-state index is -3.78. The average Bonchev–Trinajstić information content (AvgIpc) is 2.61. The Bertz CT molecular complexity index is 885. The van der Waals surface area contributed by atoms with Gasteiger partial charge in [0.15, 0.2) is 0 Å². The quantitative estimate of drug-likeness (QED) is 0.745. The Morgan fingerprint density at radius 3 is 2.33 bits per heavy atom. The fraction of sp³-hybridized carbons (Fsp3) is 0.316. The van der Waals surface area contributed by atoms with E-state index in [1.807, 2.05) is 6.92 Å². The molecule has 1 amide bonds. The van der Waals surface area contributed by atoms with E-state index >= 15 is 0 Å². The molecule has 1 N–H and O–H groups in total. The van der Waals surface area contributed by atoms with Crippen LogP contribution in [-0.2, 0) is 14.8 Å². The van der Waals surface area contributed by atoms with Crippen molar-refractivity contribution in [1.29, 1.82) is 0 Å². The Morgan fingerprint density at radius 2 is 1.78 bits per heavy atom. The predicted octanol–water partition coefficient (Wildman–Crippen LogP) is 3.41. The standard InChI is InChI=1S/C19H23FN2O4S/c1-4-17(19(23)21-16-8-6-7-9-18(16)26-5-2)22(27(3,24)25)15-12-10-14(20)11-13-15/h6-13,17H,4-5H2,1-3H3,(H,21,23). The Hall–Kier alpha value is -2.61.